The van der Waals surface area contributed by atoms with Crippen LogP contribution in [-0.2, 0) is 6.61 Å². The average molecular weight is 213 g/mol. The molecule has 0 aliphatic carbocycles. The van der Waals surface area contributed by atoms with Gasteiger partial charge in [-0.3, -0.25) is 4.79 Å². The van der Waals surface area contributed by atoms with Crippen LogP contribution in [0.1, 0.15) is 17.3 Å². The van der Waals surface area contributed by atoms with Crippen LogP contribution in [0.4, 0.5) is 0 Å². The van der Waals surface area contributed by atoms with Gasteiger partial charge in [-0.05, 0) is 17.7 Å². The highest BCUT2D eigenvalue weighted by molar-refractivity contribution is 5.75. The van der Waals surface area contributed by atoms with E-state index in [0.29, 0.717) is 17.9 Å². The van der Waals surface area contributed by atoms with Gasteiger partial charge < -0.3 is 4.74 Å². The van der Waals surface area contributed by atoms with Gasteiger partial charge in [0.25, 0.3) is 0 Å². The van der Waals surface area contributed by atoms with Gasteiger partial charge in [-0.15, -0.1) is 0 Å². The second-order valence-electron chi connectivity index (χ2n) is 3.40. The average Bonchev–Trinajstić information content (AvgIpc) is 2.38. The lowest BCUT2D eigenvalue weighted by Gasteiger charge is -2.06. The molecule has 0 saturated carbocycles. The maximum Gasteiger partial charge on any atom is 0.150 e. The van der Waals surface area contributed by atoms with E-state index in [1.807, 2.05) is 30.3 Å². The minimum absolute atomic E-state index is 0.343. The number of benzene rings is 2. The van der Waals surface area contributed by atoms with Crippen LogP contribution in [0.25, 0.3) is 0 Å². The van der Waals surface area contributed by atoms with Gasteiger partial charge in [0.2, 0.25) is 0 Å². The molecule has 2 rings (SSSR count). The maximum absolute atomic E-state index is 10.9. The predicted molar refractivity (Wildman–Crippen MR) is 62.6 cm³/mol. The summed E-state index contributed by atoms with van der Waals surface area (Å²) in [6, 6.07) is 16.5. The lowest BCUT2D eigenvalue weighted by Crippen LogP contribution is -1.95. The van der Waals surface area contributed by atoms with Gasteiger partial charge in [-0.25, -0.2) is 0 Å². The highest BCUT2D eigenvalue weighted by Gasteiger charge is 1.96. The number of hydrogen-bond donors (Lipinski definition) is 0. The number of ether oxygens (including phenoxy) is 1. The van der Waals surface area contributed by atoms with Crippen molar-refractivity contribution >= 4 is 6.26 Å². The third kappa shape index (κ3) is 2.70. The molecular weight excluding hydrogens is 200 g/mol. The molecule has 0 aromatic heterocycles. The van der Waals surface area contributed by atoms with Crippen molar-refractivity contribution in [1.29, 1.82) is 0 Å². The molecule has 0 aliphatic heterocycles. The van der Waals surface area contributed by atoms with E-state index < -0.39 is 6.26 Å². The monoisotopic (exact) mass is 213 g/mol. The summed E-state index contributed by atoms with van der Waals surface area (Å²) in [6.45, 7) is 0.455. The van der Waals surface area contributed by atoms with Crippen molar-refractivity contribution in [2.24, 2.45) is 0 Å². The molecule has 2 aromatic rings. The zero-order valence-corrected chi connectivity index (χ0v) is 8.72. The first-order valence-electron chi connectivity index (χ1n) is 5.53. The SMILES string of the molecule is [2H]C(=O)c1cccc(OCc2ccccc2)c1. The highest BCUT2D eigenvalue weighted by atomic mass is 16.5. The Hall–Kier alpha value is -2.09. The Morgan fingerprint density at radius 2 is 1.94 bits per heavy atom. The molecule has 80 valence electrons. The lowest BCUT2D eigenvalue weighted by atomic mass is 10.2. The second kappa shape index (κ2) is 5.12. The number of hydrogen-bond acceptors (Lipinski definition) is 2. The normalized spacial score (nSPS) is 10.6. The quantitative estimate of drug-likeness (QED) is 0.729. The Kier molecular flexibility index (Phi) is 2.93. The van der Waals surface area contributed by atoms with Crippen LogP contribution >= 0.6 is 0 Å². The summed E-state index contributed by atoms with van der Waals surface area (Å²) in [7, 11) is 0. The van der Waals surface area contributed by atoms with Gasteiger partial charge in [0.1, 0.15) is 20.0 Å². The number of aldehydes is 1. The molecule has 0 amide bonds. The van der Waals surface area contributed by atoms with Gasteiger partial charge in [0.15, 0.2) is 0 Å². The Bertz CT molecular complexity index is 509. The third-order valence-corrected chi connectivity index (χ3v) is 2.20. The molecule has 0 spiro atoms. The Balaban J connectivity index is 2.04. The van der Waals surface area contributed by atoms with Crippen LogP contribution < -0.4 is 4.74 Å². The van der Waals surface area contributed by atoms with Crippen molar-refractivity contribution in [3.05, 3.63) is 65.7 Å². The van der Waals surface area contributed by atoms with Gasteiger partial charge in [0, 0.05) is 5.56 Å². The summed E-state index contributed by atoms with van der Waals surface area (Å²) in [5, 5.41) is 0. The van der Waals surface area contributed by atoms with Crippen molar-refractivity contribution in [3.63, 3.8) is 0 Å². The molecule has 0 radical (unpaired) electrons. The summed E-state index contributed by atoms with van der Waals surface area (Å²) in [6.07, 6.45) is -0.699. The van der Waals surface area contributed by atoms with Crippen LogP contribution in [-0.4, -0.2) is 6.26 Å². The molecule has 0 saturated heterocycles. The Morgan fingerprint density at radius 3 is 2.69 bits per heavy atom. The highest BCUT2D eigenvalue weighted by Crippen LogP contribution is 2.13. The fourth-order valence-electron chi connectivity index (χ4n) is 1.39. The van der Waals surface area contributed by atoms with Crippen LogP contribution in [0.3, 0.4) is 0 Å². The molecule has 0 heterocycles. The van der Waals surface area contributed by atoms with Gasteiger partial charge in [-0.2, -0.15) is 0 Å². The molecule has 0 atom stereocenters. The van der Waals surface area contributed by atoms with E-state index in [4.69, 9.17) is 6.11 Å². The molecule has 0 aliphatic rings. The largest absolute Gasteiger partial charge is 0.489 e. The molecular formula is C14H12O2. The van der Waals surface area contributed by atoms with Crippen LogP contribution in [0.2, 0.25) is 0 Å². The van der Waals surface area contributed by atoms with E-state index in [1.54, 1.807) is 24.3 Å². The molecule has 0 N–H and O–H groups in total. The zero-order chi connectivity index (χ0) is 12.1. The van der Waals surface area contributed by atoms with Crippen molar-refractivity contribution in [2.45, 2.75) is 6.61 Å². The smallest absolute Gasteiger partial charge is 0.150 e. The number of rotatable bonds is 4. The summed E-state index contributed by atoms with van der Waals surface area (Å²) >= 11 is 0. The Labute approximate surface area is 95.9 Å². The topological polar surface area (TPSA) is 26.3 Å². The third-order valence-electron chi connectivity index (χ3n) is 2.20. The molecule has 0 bridgehead atoms. The maximum atomic E-state index is 10.9. The molecule has 0 unspecified atom stereocenters. The van der Waals surface area contributed by atoms with Crippen molar-refractivity contribution in [2.75, 3.05) is 0 Å². The van der Waals surface area contributed by atoms with Gasteiger partial charge in [-0.1, -0.05) is 42.5 Å². The van der Waals surface area contributed by atoms with Crippen LogP contribution in [0.5, 0.6) is 5.75 Å². The summed E-state index contributed by atoms with van der Waals surface area (Å²) in [5.41, 5.74) is 1.41. The van der Waals surface area contributed by atoms with Crippen LogP contribution in [0.15, 0.2) is 54.6 Å². The fraction of sp³-hybridized carbons (Fsp3) is 0.0714. The first-order chi connectivity index (χ1) is 8.25. The summed E-state index contributed by atoms with van der Waals surface area (Å²) in [5.74, 6) is 0.604. The Morgan fingerprint density at radius 1 is 1.12 bits per heavy atom. The number of carbonyl (C=O) groups is 1. The lowest BCUT2D eigenvalue weighted by molar-refractivity contribution is 0.112. The minimum Gasteiger partial charge on any atom is -0.489 e. The van der Waals surface area contributed by atoms with E-state index in [2.05, 4.69) is 0 Å². The molecule has 16 heavy (non-hydrogen) atoms. The van der Waals surface area contributed by atoms with E-state index in [1.165, 1.54) is 0 Å². The van der Waals surface area contributed by atoms with Crippen molar-refractivity contribution in [1.82, 2.24) is 0 Å². The summed E-state index contributed by atoms with van der Waals surface area (Å²) in [4.78, 5) is 10.9. The second-order valence-corrected chi connectivity index (χ2v) is 3.40. The molecule has 0 fully saturated rings. The number of carbonyl (C=O) groups excluding carboxylic acids is 1. The first-order valence-corrected chi connectivity index (χ1v) is 5.03. The molecule has 2 nitrogen and oxygen atoms in total. The van der Waals surface area contributed by atoms with E-state index in [9.17, 15) is 4.79 Å². The van der Waals surface area contributed by atoms with E-state index in [0.717, 1.165) is 5.56 Å². The standard InChI is InChI=1S/C14H12O2/c15-10-13-7-4-8-14(9-13)16-11-12-5-2-1-3-6-12/h1-10H,11H2/i10D. The van der Waals surface area contributed by atoms with Gasteiger partial charge in [0.05, 0.1) is 0 Å². The van der Waals surface area contributed by atoms with Gasteiger partial charge >= 0.3 is 0 Å². The van der Waals surface area contributed by atoms with Crippen LogP contribution in [0, 0.1) is 0 Å². The van der Waals surface area contributed by atoms with Crippen molar-refractivity contribution < 1.29 is 10.9 Å². The summed E-state index contributed by atoms with van der Waals surface area (Å²) < 4.78 is 12.6. The zero-order valence-electron chi connectivity index (χ0n) is 9.72. The molecule has 2 aromatic carbocycles. The molecule has 2 heteroatoms. The van der Waals surface area contributed by atoms with E-state index in [-0.39, 0.29) is 0 Å². The fourth-order valence-corrected chi connectivity index (χ4v) is 1.39. The van der Waals surface area contributed by atoms with Crippen molar-refractivity contribution in [3.8, 4) is 5.75 Å². The minimum atomic E-state index is -0.699. The van der Waals surface area contributed by atoms with E-state index >= 15 is 0 Å². The predicted octanol–water partition coefficient (Wildman–Crippen LogP) is 3.08. The first kappa shape index (κ1) is 9.16.